The van der Waals surface area contributed by atoms with Gasteiger partial charge in [-0.25, -0.2) is 0 Å². The fourth-order valence-corrected chi connectivity index (χ4v) is 1.32. The SMILES string of the molecule is CC1=Cc2ncccc2C1. The Labute approximate surface area is 60.4 Å². The first-order chi connectivity index (χ1) is 4.86. The van der Waals surface area contributed by atoms with Crippen LogP contribution in [0.1, 0.15) is 18.2 Å². The molecule has 0 unspecified atom stereocenters. The molecule has 1 aliphatic rings. The quantitative estimate of drug-likeness (QED) is 0.525. The molecular formula is C9H9N. The Morgan fingerprint density at radius 1 is 1.50 bits per heavy atom. The third-order valence-corrected chi connectivity index (χ3v) is 1.78. The molecule has 1 heteroatoms. The van der Waals surface area contributed by atoms with Crippen molar-refractivity contribution in [2.45, 2.75) is 13.3 Å². The highest BCUT2D eigenvalue weighted by molar-refractivity contribution is 5.59. The van der Waals surface area contributed by atoms with Crippen molar-refractivity contribution in [2.75, 3.05) is 0 Å². The Bertz CT molecular complexity index is 287. The fourth-order valence-electron chi connectivity index (χ4n) is 1.32. The van der Waals surface area contributed by atoms with Crippen LogP contribution >= 0.6 is 0 Å². The molecule has 0 aliphatic heterocycles. The average Bonchev–Trinajstić information content (AvgIpc) is 2.27. The molecule has 10 heavy (non-hydrogen) atoms. The Morgan fingerprint density at radius 2 is 2.40 bits per heavy atom. The van der Waals surface area contributed by atoms with Gasteiger partial charge in [-0.1, -0.05) is 11.6 Å². The van der Waals surface area contributed by atoms with E-state index in [1.807, 2.05) is 12.3 Å². The average molecular weight is 131 g/mol. The second-order valence-corrected chi connectivity index (χ2v) is 2.72. The molecule has 0 fully saturated rings. The zero-order chi connectivity index (χ0) is 6.97. The summed E-state index contributed by atoms with van der Waals surface area (Å²) >= 11 is 0. The lowest BCUT2D eigenvalue weighted by atomic mass is 10.2. The van der Waals surface area contributed by atoms with E-state index in [0.29, 0.717) is 0 Å². The molecule has 50 valence electrons. The van der Waals surface area contributed by atoms with Crippen LogP contribution in [-0.2, 0) is 6.42 Å². The molecule has 1 nitrogen and oxygen atoms in total. The van der Waals surface area contributed by atoms with E-state index in [2.05, 4.69) is 24.1 Å². The first-order valence-corrected chi connectivity index (χ1v) is 3.47. The summed E-state index contributed by atoms with van der Waals surface area (Å²) in [5, 5.41) is 0. The van der Waals surface area contributed by atoms with Crippen molar-refractivity contribution in [1.29, 1.82) is 0 Å². The summed E-state index contributed by atoms with van der Waals surface area (Å²) in [6.07, 6.45) is 5.08. The number of nitrogens with zero attached hydrogens (tertiary/aromatic N) is 1. The van der Waals surface area contributed by atoms with Crippen LogP contribution < -0.4 is 0 Å². The van der Waals surface area contributed by atoms with Crippen molar-refractivity contribution in [3.05, 3.63) is 35.2 Å². The zero-order valence-electron chi connectivity index (χ0n) is 5.96. The summed E-state index contributed by atoms with van der Waals surface area (Å²) < 4.78 is 0. The largest absolute Gasteiger partial charge is 0.257 e. The van der Waals surface area contributed by atoms with Crippen molar-refractivity contribution in [1.82, 2.24) is 4.98 Å². The molecule has 1 aromatic heterocycles. The van der Waals surface area contributed by atoms with Crippen LogP contribution in [0.15, 0.2) is 23.9 Å². The highest BCUT2D eigenvalue weighted by Crippen LogP contribution is 2.21. The Hall–Kier alpha value is -1.11. The van der Waals surface area contributed by atoms with Crippen LogP contribution in [0.2, 0.25) is 0 Å². The standard InChI is InChI=1S/C9H9N/c1-7-5-8-3-2-4-10-9(8)6-7/h2-4,6H,5H2,1H3. The van der Waals surface area contributed by atoms with E-state index >= 15 is 0 Å². The molecule has 0 N–H and O–H groups in total. The topological polar surface area (TPSA) is 12.9 Å². The van der Waals surface area contributed by atoms with E-state index in [1.165, 1.54) is 11.1 Å². The Balaban J connectivity index is 2.54. The summed E-state index contributed by atoms with van der Waals surface area (Å²) in [5.74, 6) is 0. The van der Waals surface area contributed by atoms with Gasteiger partial charge in [-0.15, -0.1) is 0 Å². The first-order valence-electron chi connectivity index (χ1n) is 3.47. The molecule has 0 amide bonds. The first kappa shape index (κ1) is 5.66. The van der Waals surface area contributed by atoms with Gasteiger partial charge < -0.3 is 0 Å². The van der Waals surface area contributed by atoms with Gasteiger partial charge in [-0.2, -0.15) is 0 Å². The van der Waals surface area contributed by atoms with Crippen LogP contribution in [-0.4, -0.2) is 4.98 Å². The number of pyridine rings is 1. The lowest BCUT2D eigenvalue weighted by molar-refractivity contribution is 1.16. The monoisotopic (exact) mass is 131 g/mol. The van der Waals surface area contributed by atoms with Crippen molar-refractivity contribution >= 4 is 6.08 Å². The summed E-state index contributed by atoms with van der Waals surface area (Å²) in [7, 11) is 0. The molecule has 2 rings (SSSR count). The maximum atomic E-state index is 4.23. The highest BCUT2D eigenvalue weighted by Gasteiger charge is 2.07. The molecule has 1 aromatic rings. The third-order valence-electron chi connectivity index (χ3n) is 1.78. The number of hydrogen-bond donors (Lipinski definition) is 0. The van der Waals surface area contributed by atoms with Gasteiger partial charge in [-0.3, -0.25) is 4.98 Å². The molecule has 0 atom stereocenters. The van der Waals surface area contributed by atoms with Crippen molar-refractivity contribution in [2.24, 2.45) is 0 Å². The van der Waals surface area contributed by atoms with Gasteiger partial charge in [0.2, 0.25) is 0 Å². The minimum atomic E-state index is 1.09. The maximum absolute atomic E-state index is 4.23. The number of aromatic nitrogens is 1. The number of fused-ring (bicyclic) bond motifs is 1. The molecule has 0 saturated heterocycles. The predicted octanol–water partition coefficient (Wildman–Crippen LogP) is 2.04. The molecule has 0 bridgehead atoms. The smallest absolute Gasteiger partial charge is 0.0664 e. The molecule has 0 saturated carbocycles. The van der Waals surface area contributed by atoms with Crippen LogP contribution in [0.3, 0.4) is 0 Å². The van der Waals surface area contributed by atoms with Gasteiger partial charge >= 0.3 is 0 Å². The second-order valence-electron chi connectivity index (χ2n) is 2.72. The minimum absolute atomic E-state index is 1.09. The van der Waals surface area contributed by atoms with Crippen LogP contribution in [0.5, 0.6) is 0 Å². The van der Waals surface area contributed by atoms with E-state index < -0.39 is 0 Å². The van der Waals surface area contributed by atoms with Crippen LogP contribution in [0, 0.1) is 0 Å². The summed E-state index contributed by atoms with van der Waals surface area (Å²) in [6, 6.07) is 4.13. The predicted molar refractivity (Wildman–Crippen MR) is 41.6 cm³/mol. The lowest BCUT2D eigenvalue weighted by Crippen LogP contribution is -1.83. The van der Waals surface area contributed by atoms with Gasteiger partial charge in [0.05, 0.1) is 5.69 Å². The summed E-state index contributed by atoms with van der Waals surface area (Å²) in [5.41, 5.74) is 3.92. The van der Waals surface area contributed by atoms with Crippen LogP contribution in [0.25, 0.3) is 6.08 Å². The second kappa shape index (κ2) is 1.94. The summed E-state index contributed by atoms with van der Waals surface area (Å²) in [4.78, 5) is 4.23. The maximum Gasteiger partial charge on any atom is 0.0664 e. The van der Waals surface area contributed by atoms with Crippen LogP contribution in [0.4, 0.5) is 0 Å². The molecule has 0 aromatic carbocycles. The zero-order valence-corrected chi connectivity index (χ0v) is 5.96. The van der Waals surface area contributed by atoms with E-state index in [-0.39, 0.29) is 0 Å². The molecule has 1 aliphatic carbocycles. The van der Waals surface area contributed by atoms with E-state index in [1.54, 1.807) is 0 Å². The van der Waals surface area contributed by atoms with Gasteiger partial charge in [0, 0.05) is 6.20 Å². The van der Waals surface area contributed by atoms with E-state index in [0.717, 1.165) is 12.1 Å². The highest BCUT2D eigenvalue weighted by atomic mass is 14.7. The third kappa shape index (κ3) is 0.747. The molecule has 1 heterocycles. The Kier molecular flexibility index (Phi) is 1.10. The van der Waals surface area contributed by atoms with Gasteiger partial charge in [0.1, 0.15) is 0 Å². The van der Waals surface area contributed by atoms with Crippen molar-refractivity contribution in [3.63, 3.8) is 0 Å². The van der Waals surface area contributed by atoms with Crippen molar-refractivity contribution < 1.29 is 0 Å². The number of allylic oxidation sites excluding steroid dienone is 1. The normalized spacial score (nSPS) is 14.7. The van der Waals surface area contributed by atoms with E-state index in [9.17, 15) is 0 Å². The summed E-state index contributed by atoms with van der Waals surface area (Å²) in [6.45, 7) is 2.14. The number of hydrogen-bond acceptors (Lipinski definition) is 1. The molecular weight excluding hydrogens is 122 g/mol. The minimum Gasteiger partial charge on any atom is -0.257 e. The number of rotatable bonds is 0. The molecule has 0 radical (unpaired) electrons. The van der Waals surface area contributed by atoms with E-state index in [4.69, 9.17) is 0 Å². The van der Waals surface area contributed by atoms with Gasteiger partial charge in [0.25, 0.3) is 0 Å². The Morgan fingerprint density at radius 3 is 3.20 bits per heavy atom. The van der Waals surface area contributed by atoms with Gasteiger partial charge in [0.15, 0.2) is 0 Å². The van der Waals surface area contributed by atoms with Crippen molar-refractivity contribution in [3.8, 4) is 0 Å². The molecule has 0 spiro atoms. The fraction of sp³-hybridized carbons (Fsp3) is 0.222. The van der Waals surface area contributed by atoms with Gasteiger partial charge in [-0.05, 0) is 31.1 Å². The lowest BCUT2D eigenvalue weighted by Gasteiger charge is -1.93.